The van der Waals surface area contributed by atoms with Crippen LogP contribution in [0.1, 0.15) is 37.0 Å². The summed E-state index contributed by atoms with van der Waals surface area (Å²) >= 11 is 0. The Bertz CT molecular complexity index is 616. The zero-order valence-electron chi connectivity index (χ0n) is 12.2. The molecule has 1 saturated heterocycles. The van der Waals surface area contributed by atoms with Gasteiger partial charge in [0.15, 0.2) is 5.78 Å². The number of hydrogen-bond acceptors (Lipinski definition) is 2. The second-order valence-corrected chi connectivity index (χ2v) is 6.00. The minimum atomic E-state index is 0.225. The van der Waals surface area contributed by atoms with Crippen molar-refractivity contribution in [2.24, 2.45) is 5.92 Å². The Kier molecular flexibility index (Phi) is 3.62. The summed E-state index contributed by atoms with van der Waals surface area (Å²) < 4.78 is 0. The molecule has 2 unspecified atom stereocenters. The highest BCUT2D eigenvalue weighted by Gasteiger charge is 2.26. The van der Waals surface area contributed by atoms with Crippen molar-refractivity contribution in [2.75, 3.05) is 13.1 Å². The number of benzene rings is 1. The molecule has 3 rings (SSSR count). The fraction of sp³-hybridized carbons (Fsp3) is 0.471. The lowest BCUT2D eigenvalue weighted by molar-refractivity contribution is 0.0781. The summed E-state index contributed by atoms with van der Waals surface area (Å²) in [6.07, 6.45) is 4.33. The molecule has 1 aromatic heterocycles. The van der Waals surface area contributed by atoms with E-state index in [9.17, 15) is 4.79 Å². The lowest BCUT2D eigenvalue weighted by Gasteiger charge is -2.37. The summed E-state index contributed by atoms with van der Waals surface area (Å²) in [4.78, 5) is 18.1. The first-order valence-corrected chi connectivity index (χ1v) is 7.50. The van der Waals surface area contributed by atoms with Gasteiger partial charge in [0.2, 0.25) is 0 Å². The number of aromatic nitrogens is 1. The molecule has 106 valence electrons. The third kappa shape index (κ3) is 2.38. The van der Waals surface area contributed by atoms with Gasteiger partial charge in [-0.1, -0.05) is 25.1 Å². The number of H-pyrrole nitrogens is 1. The highest BCUT2D eigenvalue weighted by atomic mass is 16.1. The smallest absolute Gasteiger partial charge is 0.178 e. The van der Waals surface area contributed by atoms with Gasteiger partial charge in [-0.3, -0.25) is 9.69 Å². The molecule has 1 aliphatic rings. The molecule has 1 aliphatic heterocycles. The maximum absolute atomic E-state index is 12.6. The summed E-state index contributed by atoms with van der Waals surface area (Å²) in [6, 6.07) is 8.50. The zero-order valence-corrected chi connectivity index (χ0v) is 12.2. The Labute approximate surface area is 120 Å². The Morgan fingerprint density at radius 1 is 1.35 bits per heavy atom. The highest BCUT2D eigenvalue weighted by molar-refractivity contribution is 6.08. The number of aromatic amines is 1. The van der Waals surface area contributed by atoms with E-state index in [2.05, 4.69) is 23.7 Å². The zero-order chi connectivity index (χ0) is 14.1. The molecule has 1 N–H and O–H groups in total. The summed E-state index contributed by atoms with van der Waals surface area (Å²) in [5.74, 6) is 0.905. The van der Waals surface area contributed by atoms with E-state index >= 15 is 0 Å². The van der Waals surface area contributed by atoms with Crippen LogP contribution >= 0.6 is 0 Å². The minimum absolute atomic E-state index is 0.225. The number of nitrogens with one attached hydrogen (secondary N) is 1. The number of hydrogen-bond donors (Lipinski definition) is 1. The highest BCUT2D eigenvalue weighted by Crippen LogP contribution is 2.24. The number of Topliss-reactive ketones (excluding diaryl/α,β-unsaturated/α-hetero) is 1. The molecule has 20 heavy (non-hydrogen) atoms. The van der Waals surface area contributed by atoms with E-state index in [-0.39, 0.29) is 5.78 Å². The summed E-state index contributed by atoms with van der Waals surface area (Å²) in [5, 5.41) is 1.04. The first-order valence-electron chi connectivity index (χ1n) is 7.50. The molecule has 0 radical (unpaired) electrons. The Balaban J connectivity index is 1.79. The van der Waals surface area contributed by atoms with E-state index in [1.165, 1.54) is 12.8 Å². The molecular weight excluding hydrogens is 248 g/mol. The van der Waals surface area contributed by atoms with E-state index in [0.717, 1.165) is 23.0 Å². The number of carbonyl (C=O) groups is 1. The average molecular weight is 270 g/mol. The lowest BCUT2D eigenvalue weighted by Crippen LogP contribution is -2.44. The second-order valence-electron chi connectivity index (χ2n) is 6.00. The monoisotopic (exact) mass is 270 g/mol. The number of rotatable bonds is 3. The second kappa shape index (κ2) is 5.41. The van der Waals surface area contributed by atoms with Gasteiger partial charge in [0.1, 0.15) is 0 Å². The van der Waals surface area contributed by atoms with Gasteiger partial charge in [-0.2, -0.15) is 0 Å². The van der Waals surface area contributed by atoms with Gasteiger partial charge in [0, 0.05) is 28.7 Å². The fourth-order valence-corrected chi connectivity index (χ4v) is 3.22. The van der Waals surface area contributed by atoms with Gasteiger partial charge in [0.25, 0.3) is 0 Å². The minimum Gasteiger partial charge on any atom is -0.360 e. The van der Waals surface area contributed by atoms with Crippen molar-refractivity contribution in [3.05, 3.63) is 36.0 Å². The van der Waals surface area contributed by atoms with Crippen LogP contribution in [0.25, 0.3) is 10.9 Å². The lowest BCUT2D eigenvalue weighted by atomic mass is 9.91. The van der Waals surface area contributed by atoms with Crippen molar-refractivity contribution in [3.8, 4) is 0 Å². The van der Waals surface area contributed by atoms with Gasteiger partial charge in [-0.15, -0.1) is 0 Å². The molecule has 1 fully saturated rings. The largest absolute Gasteiger partial charge is 0.360 e. The van der Waals surface area contributed by atoms with E-state index in [0.29, 0.717) is 18.5 Å². The Hall–Kier alpha value is -1.61. The first-order chi connectivity index (χ1) is 9.66. The predicted molar refractivity (Wildman–Crippen MR) is 82.1 cm³/mol. The van der Waals surface area contributed by atoms with Gasteiger partial charge >= 0.3 is 0 Å². The van der Waals surface area contributed by atoms with Gasteiger partial charge < -0.3 is 4.98 Å². The molecule has 3 nitrogen and oxygen atoms in total. The number of piperidine rings is 1. The SMILES string of the molecule is CC1CCCN(CC(=O)c2c[nH]c3ccccc23)C1C. The van der Waals surface area contributed by atoms with Crippen LogP contribution in [0, 0.1) is 5.92 Å². The molecule has 0 bridgehead atoms. The number of likely N-dealkylation sites (tertiary alicyclic amines) is 1. The van der Waals surface area contributed by atoms with E-state index in [1.807, 2.05) is 30.5 Å². The number of para-hydroxylation sites is 1. The fourth-order valence-electron chi connectivity index (χ4n) is 3.22. The standard InChI is InChI=1S/C17H22N2O/c1-12-6-5-9-19(13(12)2)11-17(20)15-10-18-16-8-4-3-7-14(15)16/h3-4,7-8,10,12-13,18H,5-6,9,11H2,1-2H3. The topological polar surface area (TPSA) is 36.1 Å². The van der Waals surface area contributed by atoms with Crippen LogP contribution in [0.15, 0.2) is 30.5 Å². The molecule has 2 aromatic rings. The summed E-state index contributed by atoms with van der Waals surface area (Å²) in [5.41, 5.74) is 1.86. The quantitative estimate of drug-likeness (QED) is 0.867. The van der Waals surface area contributed by atoms with Gasteiger partial charge in [0.05, 0.1) is 6.54 Å². The van der Waals surface area contributed by atoms with Crippen molar-refractivity contribution < 1.29 is 4.79 Å². The van der Waals surface area contributed by atoms with Crippen molar-refractivity contribution in [2.45, 2.75) is 32.7 Å². The maximum Gasteiger partial charge on any atom is 0.178 e. The number of fused-ring (bicyclic) bond motifs is 1. The number of carbonyl (C=O) groups excluding carboxylic acids is 1. The molecule has 3 heteroatoms. The van der Waals surface area contributed by atoms with Crippen LogP contribution < -0.4 is 0 Å². The Morgan fingerprint density at radius 2 is 2.15 bits per heavy atom. The first kappa shape index (κ1) is 13.4. The van der Waals surface area contributed by atoms with Crippen LogP contribution in [0.4, 0.5) is 0 Å². The molecule has 0 saturated carbocycles. The normalized spacial score (nSPS) is 24.1. The van der Waals surface area contributed by atoms with Gasteiger partial charge in [-0.25, -0.2) is 0 Å². The molecule has 1 aromatic carbocycles. The van der Waals surface area contributed by atoms with Gasteiger partial charge in [-0.05, 0) is 38.3 Å². The van der Waals surface area contributed by atoms with Crippen molar-refractivity contribution in [1.82, 2.24) is 9.88 Å². The van der Waals surface area contributed by atoms with Crippen LogP contribution in [0.3, 0.4) is 0 Å². The maximum atomic E-state index is 12.6. The van der Waals surface area contributed by atoms with E-state index in [4.69, 9.17) is 0 Å². The van der Waals surface area contributed by atoms with Crippen molar-refractivity contribution in [3.63, 3.8) is 0 Å². The van der Waals surface area contributed by atoms with E-state index < -0.39 is 0 Å². The van der Waals surface area contributed by atoms with Crippen LogP contribution in [-0.4, -0.2) is 34.8 Å². The Morgan fingerprint density at radius 3 is 3.00 bits per heavy atom. The van der Waals surface area contributed by atoms with Crippen LogP contribution in [0.2, 0.25) is 0 Å². The molecule has 0 spiro atoms. The molecule has 2 heterocycles. The van der Waals surface area contributed by atoms with Crippen molar-refractivity contribution >= 4 is 16.7 Å². The average Bonchev–Trinajstić information content (AvgIpc) is 2.88. The van der Waals surface area contributed by atoms with Crippen LogP contribution in [-0.2, 0) is 0 Å². The number of nitrogens with zero attached hydrogens (tertiary/aromatic N) is 1. The van der Waals surface area contributed by atoms with Crippen LogP contribution in [0.5, 0.6) is 0 Å². The summed E-state index contributed by atoms with van der Waals surface area (Å²) in [6.45, 7) is 6.10. The predicted octanol–water partition coefficient (Wildman–Crippen LogP) is 3.47. The number of ketones is 1. The third-order valence-electron chi connectivity index (χ3n) is 4.74. The molecule has 0 amide bonds. The van der Waals surface area contributed by atoms with E-state index in [1.54, 1.807) is 0 Å². The third-order valence-corrected chi connectivity index (χ3v) is 4.74. The van der Waals surface area contributed by atoms with Crippen molar-refractivity contribution in [1.29, 1.82) is 0 Å². The summed E-state index contributed by atoms with van der Waals surface area (Å²) in [7, 11) is 0. The molecule has 2 atom stereocenters. The molecule has 0 aliphatic carbocycles. The molecular formula is C17H22N2O.